The van der Waals surface area contributed by atoms with E-state index < -0.39 is 23.4 Å². The van der Waals surface area contributed by atoms with Crippen molar-refractivity contribution in [3.8, 4) is 16.9 Å². The molecule has 8 heteroatoms. The molecule has 0 aliphatic carbocycles. The minimum Gasteiger partial charge on any atom is -0.318 e. The van der Waals surface area contributed by atoms with Gasteiger partial charge >= 0.3 is 6.03 Å². The average molecular weight is 466 g/mol. The molecule has 3 aromatic carbocycles. The number of benzene rings is 3. The first kappa shape index (κ1) is 22.1. The van der Waals surface area contributed by atoms with Gasteiger partial charge in [-0.1, -0.05) is 85.8 Å². The number of hydrazine groups is 1. The van der Waals surface area contributed by atoms with E-state index in [9.17, 15) is 14.4 Å². The highest BCUT2D eigenvalue weighted by atomic mass is 16.2. The van der Waals surface area contributed by atoms with E-state index in [2.05, 4.69) is 15.8 Å². The van der Waals surface area contributed by atoms with Crippen LogP contribution in [0.2, 0.25) is 0 Å². The quantitative estimate of drug-likeness (QED) is 0.420. The van der Waals surface area contributed by atoms with Gasteiger partial charge in [0.1, 0.15) is 11.2 Å². The van der Waals surface area contributed by atoms with Crippen molar-refractivity contribution in [2.75, 3.05) is 0 Å². The van der Waals surface area contributed by atoms with Gasteiger partial charge in [0.2, 0.25) is 0 Å². The second-order valence-corrected chi connectivity index (χ2v) is 8.17. The summed E-state index contributed by atoms with van der Waals surface area (Å²) in [6.07, 6.45) is 1.92. The van der Waals surface area contributed by atoms with Crippen LogP contribution in [-0.4, -0.2) is 32.6 Å². The van der Waals surface area contributed by atoms with Crippen molar-refractivity contribution < 1.29 is 14.4 Å². The van der Waals surface area contributed by atoms with Gasteiger partial charge in [0.05, 0.1) is 11.3 Å². The second kappa shape index (κ2) is 8.90. The summed E-state index contributed by atoms with van der Waals surface area (Å²) in [5.41, 5.74) is 4.08. The van der Waals surface area contributed by atoms with Crippen molar-refractivity contribution in [1.82, 2.24) is 25.5 Å². The molecule has 0 bridgehead atoms. The number of imide groups is 1. The van der Waals surface area contributed by atoms with Crippen LogP contribution in [-0.2, 0) is 10.3 Å². The van der Waals surface area contributed by atoms with Crippen molar-refractivity contribution in [2.45, 2.75) is 18.9 Å². The van der Waals surface area contributed by atoms with Gasteiger partial charge in [-0.25, -0.2) is 9.48 Å². The lowest BCUT2D eigenvalue weighted by Crippen LogP contribution is -2.48. The topological polar surface area (TPSA) is 96.3 Å². The minimum atomic E-state index is -1.25. The Balaban J connectivity index is 1.50. The number of hydrogen-bond donors (Lipinski definition) is 2. The molecular formula is C27H23N5O3. The van der Waals surface area contributed by atoms with Crippen LogP contribution < -0.4 is 10.7 Å². The number of hydrogen-bond acceptors (Lipinski definition) is 4. The SMILES string of the molecule is CCC1(c2ccccc2)NC(=O)N(NC(=O)c2cn(-c3ccccc3)nc2-c2ccccc2)C1=O. The summed E-state index contributed by atoms with van der Waals surface area (Å²) in [5, 5.41) is 8.16. The summed E-state index contributed by atoms with van der Waals surface area (Å²) in [6, 6.07) is 27.0. The zero-order valence-electron chi connectivity index (χ0n) is 19.0. The predicted octanol–water partition coefficient (Wildman–Crippen LogP) is 4.04. The fourth-order valence-electron chi connectivity index (χ4n) is 4.26. The van der Waals surface area contributed by atoms with Crippen molar-refractivity contribution >= 4 is 17.8 Å². The molecule has 8 nitrogen and oxygen atoms in total. The van der Waals surface area contributed by atoms with Crippen molar-refractivity contribution in [3.63, 3.8) is 0 Å². The zero-order valence-corrected chi connectivity index (χ0v) is 19.0. The van der Waals surface area contributed by atoms with Gasteiger partial charge < -0.3 is 5.32 Å². The maximum absolute atomic E-state index is 13.4. The summed E-state index contributed by atoms with van der Waals surface area (Å²) in [5.74, 6) is -1.16. The molecule has 0 saturated carbocycles. The van der Waals surface area contributed by atoms with Crippen molar-refractivity contribution in [1.29, 1.82) is 0 Å². The van der Waals surface area contributed by atoms with Gasteiger partial charge in [0.15, 0.2) is 0 Å². The number of rotatable bonds is 6. The lowest BCUT2D eigenvalue weighted by Gasteiger charge is -2.25. The summed E-state index contributed by atoms with van der Waals surface area (Å²) in [7, 11) is 0. The minimum absolute atomic E-state index is 0.231. The number of carbonyl (C=O) groups excluding carboxylic acids is 3. The Labute approximate surface area is 202 Å². The third-order valence-corrected chi connectivity index (χ3v) is 6.13. The molecular weight excluding hydrogens is 442 g/mol. The van der Waals surface area contributed by atoms with E-state index in [0.717, 1.165) is 16.3 Å². The highest BCUT2D eigenvalue weighted by Crippen LogP contribution is 2.32. The molecule has 2 N–H and O–H groups in total. The second-order valence-electron chi connectivity index (χ2n) is 8.17. The molecule has 2 heterocycles. The van der Waals surface area contributed by atoms with Crippen LogP contribution in [0.4, 0.5) is 4.79 Å². The van der Waals surface area contributed by atoms with Gasteiger partial charge in [-0.15, -0.1) is 0 Å². The van der Waals surface area contributed by atoms with Crippen molar-refractivity contribution in [3.05, 3.63) is 108 Å². The number of aromatic nitrogens is 2. The lowest BCUT2D eigenvalue weighted by atomic mass is 9.87. The molecule has 1 unspecified atom stereocenters. The molecule has 1 fully saturated rings. The standard InChI is InChI=1S/C27H23N5O3/c1-2-27(20-14-8-4-9-15-20)25(34)32(26(35)28-27)30-24(33)22-18-31(21-16-10-5-11-17-21)29-23(22)19-12-6-3-7-13-19/h3-18H,2H2,1H3,(H,28,35)(H,30,33). The molecule has 1 atom stereocenters. The Morgan fingerprint density at radius 3 is 2.14 bits per heavy atom. The molecule has 5 rings (SSSR count). The highest BCUT2D eigenvalue weighted by molar-refractivity contribution is 6.10. The van der Waals surface area contributed by atoms with Crippen LogP contribution in [0.25, 0.3) is 16.9 Å². The van der Waals surface area contributed by atoms with E-state index in [4.69, 9.17) is 0 Å². The number of para-hydroxylation sites is 1. The Morgan fingerprint density at radius 2 is 1.51 bits per heavy atom. The number of nitrogens with one attached hydrogen (secondary N) is 2. The van der Waals surface area contributed by atoms with Gasteiger partial charge in [-0.05, 0) is 24.1 Å². The molecule has 1 saturated heterocycles. The van der Waals surface area contributed by atoms with Gasteiger partial charge in [-0.3, -0.25) is 15.0 Å². The van der Waals surface area contributed by atoms with Crippen LogP contribution in [0.5, 0.6) is 0 Å². The normalized spacial score (nSPS) is 17.3. The highest BCUT2D eigenvalue weighted by Gasteiger charge is 2.52. The maximum atomic E-state index is 13.4. The van der Waals surface area contributed by atoms with Crippen molar-refractivity contribution in [2.24, 2.45) is 0 Å². The zero-order chi connectivity index (χ0) is 24.4. The van der Waals surface area contributed by atoms with E-state index in [1.807, 2.05) is 73.7 Å². The summed E-state index contributed by atoms with van der Waals surface area (Å²) in [6.45, 7) is 1.81. The summed E-state index contributed by atoms with van der Waals surface area (Å²) < 4.78 is 1.60. The maximum Gasteiger partial charge on any atom is 0.344 e. The molecule has 1 aromatic heterocycles. The molecule has 4 aromatic rings. The van der Waals surface area contributed by atoms with Crippen LogP contribution in [0.1, 0.15) is 29.3 Å². The van der Waals surface area contributed by atoms with Gasteiger partial charge in [0, 0.05) is 11.8 Å². The molecule has 4 amide bonds. The van der Waals surface area contributed by atoms with Crippen LogP contribution >= 0.6 is 0 Å². The van der Waals surface area contributed by atoms with E-state index >= 15 is 0 Å². The molecule has 1 aliphatic rings. The third kappa shape index (κ3) is 3.85. The van der Waals surface area contributed by atoms with Gasteiger partial charge in [0.25, 0.3) is 11.8 Å². The van der Waals surface area contributed by atoms with E-state index in [0.29, 0.717) is 17.7 Å². The van der Waals surface area contributed by atoms with Gasteiger partial charge in [-0.2, -0.15) is 10.1 Å². The number of urea groups is 1. The first-order valence-electron chi connectivity index (χ1n) is 11.3. The first-order chi connectivity index (χ1) is 17.0. The van der Waals surface area contributed by atoms with E-state index in [-0.39, 0.29) is 5.56 Å². The monoisotopic (exact) mass is 465 g/mol. The summed E-state index contributed by atoms with van der Waals surface area (Å²) >= 11 is 0. The smallest absolute Gasteiger partial charge is 0.318 e. The fourth-order valence-corrected chi connectivity index (χ4v) is 4.26. The number of nitrogens with zero attached hydrogens (tertiary/aromatic N) is 3. The van der Waals surface area contributed by atoms with Crippen LogP contribution in [0.15, 0.2) is 97.2 Å². The molecule has 174 valence electrons. The largest absolute Gasteiger partial charge is 0.344 e. The molecule has 1 aliphatic heterocycles. The van der Waals surface area contributed by atoms with E-state index in [1.165, 1.54) is 0 Å². The Hall–Kier alpha value is -4.72. The van der Waals surface area contributed by atoms with Crippen LogP contribution in [0, 0.1) is 0 Å². The third-order valence-electron chi connectivity index (χ3n) is 6.13. The van der Waals surface area contributed by atoms with E-state index in [1.54, 1.807) is 35.1 Å². The predicted molar refractivity (Wildman–Crippen MR) is 130 cm³/mol. The number of amides is 4. The molecule has 0 spiro atoms. The Kier molecular flexibility index (Phi) is 5.62. The lowest BCUT2D eigenvalue weighted by molar-refractivity contribution is -0.133. The average Bonchev–Trinajstić information content (AvgIpc) is 3.46. The molecule has 35 heavy (non-hydrogen) atoms. The number of carbonyl (C=O) groups is 3. The Morgan fingerprint density at radius 1 is 0.914 bits per heavy atom. The Bertz CT molecular complexity index is 1390. The van der Waals surface area contributed by atoms with Crippen LogP contribution in [0.3, 0.4) is 0 Å². The summed E-state index contributed by atoms with van der Waals surface area (Å²) in [4.78, 5) is 39.7. The molecule has 0 radical (unpaired) electrons. The first-order valence-corrected chi connectivity index (χ1v) is 11.3. The fraction of sp³-hybridized carbons (Fsp3) is 0.111.